The highest BCUT2D eigenvalue weighted by Crippen LogP contribution is 2.33. The SMILES string of the molecule is Nc1ncnc2c1c(-c1ccc(O)c(F)c1)nn2Cc1oc2ccc(F)cc2c(=O)c1-c1cccc(F)c1. The van der Waals surface area contributed by atoms with Crippen molar-refractivity contribution >= 4 is 27.8 Å². The third-order valence-electron chi connectivity index (χ3n) is 6.11. The van der Waals surface area contributed by atoms with Crippen LogP contribution >= 0.6 is 0 Å². The predicted octanol–water partition coefficient (Wildman–Crippen LogP) is 5.02. The highest BCUT2D eigenvalue weighted by atomic mass is 19.1. The molecule has 3 aromatic heterocycles. The molecule has 6 rings (SSSR count). The zero-order valence-electron chi connectivity index (χ0n) is 19.3. The highest BCUT2D eigenvalue weighted by Gasteiger charge is 2.22. The number of hydrogen-bond donors (Lipinski definition) is 2. The number of benzene rings is 3. The Bertz CT molecular complexity index is 1950. The van der Waals surface area contributed by atoms with Crippen LogP contribution < -0.4 is 11.2 Å². The summed E-state index contributed by atoms with van der Waals surface area (Å²) in [6.07, 6.45) is 1.23. The number of aromatic nitrogens is 4. The highest BCUT2D eigenvalue weighted by molar-refractivity contribution is 5.98. The standard InChI is InChI=1S/C27H16F3N5O3/c28-15-3-1-2-13(8-15)22-21(38-20-7-5-16(29)10-17(20)25(22)37)11-35-27-23(26(31)32-12-33-27)24(34-35)14-4-6-19(36)18(30)9-14/h1-10,12,36H,11H2,(H2,31,32,33). The summed E-state index contributed by atoms with van der Waals surface area (Å²) >= 11 is 0. The number of phenols is 1. The summed E-state index contributed by atoms with van der Waals surface area (Å²) in [4.78, 5) is 21.8. The molecule has 3 heterocycles. The molecule has 0 unspecified atom stereocenters. The Morgan fingerprint density at radius 1 is 0.947 bits per heavy atom. The molecule has 3 aromatic carbocycles. The number of nitrogen functional groups attached to an aromatic ring is 1. The average Bonchev–Trinajstić information content (AvgIpc) is 3.26. The number of rotatable bonds is 4. The van der Waals surface area contributed by atoms with E-state index in [0.717, 1.165) is 18.2 Å². The first-order valence-corrected chi connectivity index (χ1v) is 11.3. The number of nitrogens with zero attached hydrogens (tertiary/aromatic N) is 4. The van der Waals surface area contributed by atoms with Gasteiger partial charge in [0.15, 0.2) is 17.2 Å². The Hall–Kier alpha value is -5.19. The molecule has 0 saturated carbocycles. The molecule has 0 aliphatic carbocycles. The fourth-order valence-electron chi connectivity index (χ4n) is 4.39. The van der Waals surface area contributed by atoms with E-state index in [2.05, 4.69) is 15.1 Å². The summed E-state index contributed by atoms with van der Waals surface area (Å²) in [6, 6.07) is 12.7. The summed E-state index contributed by atoms with van der Waals surface area (Å²) in [5.41, 5.74) is 6.72. The molecule has 6 aromatic rings. The van der Waals surface area contributed by atoms with Crippen LogP contribution in [0.4, 0.5) is 19.0 Å². The summed E-state index contributed by atoms with van der Waals surface area (Å²) in [7, 11) is 0. The fourth-order valence-corrected chi connectivity index (χ4v) is 4.39. The molecule has 0 radical (unpaired) electrons. The van der Waals surface area contributed by atoms with Crippen molar-refractivity contribution in [3.8, 4) is 28.1 Å². The Labute approximate surface area is 211 Å². The van der Waals surface area contributed by atoms with E-state index >= 15 is 0 Å². The second kappa shape index (κ2) is 8.73. The summed E-state index contributed by atoms with van der Waals surface area (Å²) < 4.78 is 49.7. The maximum atomic E-state index is 14.2. The van der Waals surface area contributed by atoms with Crippen LogP contribution in [0.3, 0.4) is 0 Å². The van der Waals surface area contributed by atoms with Crippen LogP contribution in [0, 0.1) is 17.5 Å². The van der Waals surface area contributed by atoms with Crippen LogP contribution in [-0.2, 0) is 6.54 Å². The first-order chi connectivity index (χ1) is 18.3. The molecule has 188 valence electrons. The molecule has 8 nitrogen and oxygen atoms in total. The lowest BCUT2D eigenvalue weighted by Crippen LogP contribution is -2.13. The lowest BCUT2D eigenvalue weighted by Gasteiger charge is -2.11. The zero-order valence-corrected chi connectivity index (χ0v) is 19.3. The van der Waals surface area contributed by atoms with Crippen molar-refractivity contribution in [2.75, 3.05) is 5.73 Å². The first kappa shape index (κ1) is 23.2. The van der Waals surface area contributed by atoms with Crippen LogP contribution in [0.5, 0.6) is 5.75 Å². The number of hydrogen-bond acceptors (Lipinski definition) is 7. The van der Waals surface area contributed by atoms with Crippen molar-refractivity contribution in [3.63, 3.8) is 0 Å². The average molecular weight is 515 g/mol. The van der Waals surface area contributed by atoms with Gasteiger partial charge in [-0.2, -0.15) is 5.10 Å². The van der Waals surface area contributed by atoms with Crippen molar-refractivity contribution in [1.29, 1.82) is 0 Å². The molecule has 0 aliphatic rings. The molecule has 3 N–H and O–H groups in total. The second-order valence-corrected chi connectivity index (χ2v) is 8.51. The Kier molecular flexibility index (Phi) is 5.34. The van der Waals surface area contributed by atoms with E-state index in [1.54, 1.807) is 0 Å². The number of anilines is 1. The van der Waals surface area contributed by atoms with Crippen LogP contribution in [0.2, 0.25) is 0 Å². The van der Waals surface area contributed by atoms with Gasteiger partial charge in [-0.1, -0.05) is 12.1 Å². The van der Waals surface area contributed by atoms with Gasteiger partial charge in [0.05, 0.1) is 16.3 Å². The van der Waals surface area contributed by atoms with Gasteiger partial charge in [0.25, 0.3) is 0 Å². The topological polar surface area (TPSA) is 120 Å². The van der Waals surface area contributed by atoms with Gasteiger partial charge >= 0.3 is 0 Å². The molecular weight excluding hydrogens is 499 g/mol. The van der Waals surface area contributed by atoms with Gasteiger partial charge in [0, 0.05) is 5.56 Å². The van der Waals surface area contributed by atoms with E-state index in [1.165, 1.54) is 53.5 Å². The molecule has 38 heavy (non-hydrogen) atoms. The summed E-state index contributed by atoms with van der Waals surface area (Å²) in [5, 5.41) is 14.5. The number of nitrogens with two attached hydrogens (primary N) is 1. The lowest BCUT2D eigenvalue weighted by atomic mass is 10.0. The quantitative estimate of drug-likeness (QED) is 0.338. The molecule has 0 bridgehead atoms. The summed E-state index contributed by atoms with van der Waals surface area (Å²) in [5.74, 6) is -2.42. The third kappa shape index (κ3) is 3.81. The fraction of sp³-hybridized carbons (Fsp3) is 0.0370. The first-order valence-electron chi connectivity index (χ1n) is 11.3. The van der Waals surface area contributed by atoms with Gasteiger partial charge in [-0.15, -0.1) is 0 Å². The number of phenolic OH excluding ortho intramolecular Hbond substituents is 1. The van der Waals surface area contributed by atoms with E-state index in [0.29, 0.717) is 10.9 Å². The molecule has 0 atom stereocenters. The minimum Gasteiger partial charge on any atom is -0.505 e. The van der Waals surface area contributed by atoms with Crippen molar-refractivity contribution in [1.82, 2.24) is 19.7 Å². The van der Waals surface area contributed by atoms with E-state index < -0.39 is 28.6 Å². The largest absolute Gasteiger partial charge is 0.505 e. The molecule has 0 amide bonds. The zero-order chi connectivity index (χ0) is 26.6. The van der Waals surface area contributed by atoms with Crippen molar-refractivity contribution in [3.05, 3.63) is 100 Å². The van der Waals surface area contributed by atoms with E-state index in [4.69, 9.17) is 10.2 Å². The van der Waals surface area contributed by atoms with Gasteiger partial charge in [-0.3, -0.25) is 4.79 Å². The normalized spacial score (nSPS) is 11.4. The Morgan fingerprint density at radius 3 is 2.55 bits per heavy atom. The maximum Gasteiger partial charge on any atom is 0.200 e. The van der Waals surface area contributed by atoms with Crippen LogP contribution in [0.15, 0.2) is 76.2 Å². The number of fused-ring (bicyclic) bond motifs is 2. The van der Waals surface area contributed by atoms with Crippen LogP contribution in [0.1, 0.15) is 5.76 Å². The van der Waals surface area contributed by atoms with E-state index in [9.17, 15) is 23.1 Å². The maximum absolute atomic E-state index is 14.2. The van der Waals surface area contributed by atoms with Gasteiger partial charge in [-0.25, -0.2) is 27.8 Å². The molecule has 0 saturated heterocycles. The van der Waals surface area contributed by atoms with E-state index in [1.807, 2.05) is 0 Å². The van der Waals surface area contributed by atoms with Gasteiger partial charge in [-0.05, 0) is 54.1 Å². The molecule has 11 heteroatoms. The monoisotopic (exact) mass is 515 g/mol. The van der Waals surface area contributed by atoms with Gasteiger partial charge < -0.3 is 15.3 Å². The summed E-state index contributed by atoms with van der Waals surface area (Å²) in [6.45, 7) is -0.165. The number of aromatic hydroxyl groups is 1. The van der Waals surface area contributed by atoms with Gasteiger partial charge in [0.2, 0.25) is 5.43 Å². The smallest absolute Gasteiger partial charge is 0.200 e. The minimum atomic E-state index is -0.859. The Balaban J connectivity index is 1.60. The second-order valence-electron chi connectivity index (χ2n) is 8.51. The van der Waals surface area contributed by atoms with Crippen LogP contribution in [0.25, 0.3) is 44.4 Å². The molecule has 0 aliphatic heterocycles. The molecule has 0 fully saturated rings. The molecular formula is C27H16F3N5O3. The van der Waals surface area contributed by atoms with Crippen molar-refractivity contribution < 1.29 is 22.7 Å². The number of halogens is 3. The van der Waals surface area contributed by atoms with Gasteiger partial charge in [0.1, 0.15) is 47.4 Å². The van der Waals surface area contributed by atoms with Crippen LogP contribution in [-0.4, -0.2) is 24.9 Å². The molecule has 0 spiro atoms. The lowest BCUT2D eigenvalue weighted by molar-refractivity contribution is 0.432. The van der Waals surface area contributed by atoms with E-state index in [-0.39, 0.29) is 51.6 Å². The van der Waals surface area contributed by atoms with Crippen molar-refractivity contribution in [2.45, 2.75) is 6.54 Å². The minimum absolute atomic E-state index is 0.00911. The Morgan fingerprint density at radius 2 is 1.76 bits per heavy atom. The predicted molar refractivity (Wildman–Crippen MR) is 134 cm³/mol. The van der Waals surface area contributed by atoms with Crippen molar-refractivity contribution in [2.24, 2.45) is 0 Å². The third-order valence-corrected chi connectivity index (χ3v) is 6.11.